The van der Waals surface area contributed by atoms with Crippen molar-refractivity contribution in [1.29, 1.82) is 0 Å². The highest BCUT2D eigenvalue weighted by Gasteiger charge is 2.21. The van der Waals surface area contributed by atoms with Gasteiger partial charge in [0.15, 0.2) is 0 Å². The lowest BCUT2D eigenvalue weighted by atomic mass is 10.2. The maximum Gasteiger partial charge on any atom is 0.0976 e. The van der Waals surface area contributed by atoms with Gasteiger partial charge in [0.05, 0.1) is 21.8 Å². The molecule has 0 heterocycles. The van der Waals surface area contributed by atoms with Crippen LogP contribution >= 0.6 is 0 Å². The fourth-order valence-electron chi connectivity index (χ4n) is 0.710. The van der Waals surface area contributed by atoms with Crippen LogP contribution in [0.15, 0.2) is 16.8 Å². The van der Waals surface area contributed by atoms with Gasteiger partial charge in [-0.25, -0.2) is 8.93 Å². The molecule has 0 radical (unpaired) electrons. The maximum absolute atomic E-state index is 11.7. The van der Waals surface area contributed by atoms with E-state index in [0.717, 1.165) is 0 Å². The summed E-state index contributed by atoms with van der Waals surface area (Å²) in [7, 11) is 0.567. The molecule has 88 valence electrons. The minimum Gasteiger partial charge on any atom is -0.401 e. The lowest BCUT2D eigenvalue weighted by Gasteiger charge is -2.22. The topological polar surface area (TPSA) is 67.5 Å². The van der Waals surface area contributed by atoms with Crippen LogP contribution in [0.3, 0.4) is 0 Å². The highest BCUT2D eigenvalue weighted by molar-refractivity contribution is 7.84. The van der Waals surface area contributed by atoms with E-state index in [1.54, 1.807) is 19.3 Å². The molecule has 0 aromatic rings. The molecule has 0 saturated carbocycles. The van der Waals surface area contributed by atoms with Crippen molar-refractivity contribution in [3.05, 3.63) is 11.8 Å². The van der Waals surface area contributed by atoms with Gasteiger partial charge in [0.25, 0.3) is 0 Å². The quantitative estimate of drug-likeness (QED) is 0.708. The van der Waals surface area contributed by atoms with Gasteiger partial charge in [0.2, 0.25) is 0 Å². The van der Waals surface area contributed by atoms with Crippen LogP contribution in [0, 0.1) is 0 Å². The molecule has 0 fully saturated rings. The SMILES string of the molecule is CN=CC=C(N)[C@@H](C)N[S@](=O)C(C)(C)C. The maximum atomic E-state index is 11.7. The molecule has 0 bridgehead atoms. The fourth-order valence-corrected chi connectivity index (χ4v) is 1.52. The van der Waals surface area contributed by atoms with E-state index in [2.05, 4.69) is 9.71 Å². The average Bonchev–Trinajstić information content (AvgIpc) is 2.12. The molecule has 3 N–H and O–H groups in total. The molecule has 0 amide bonds. The van der Waals surface area contributed by atoms with E-state index in [1.165, 1.54) is 0 Å². The van der Waals surface area contributed by atoms with Crippen LogP contribution in [0.25, 0.3) is 0 Å². The lowest BCUT2D eigenvalue weighted by molar-refractivity contribution is 0.623. The Labute approximate surface area is 94.6 Å². The van der Waals surface area contributed by atoms with Crippen LogP contribution in [-0.2, 0) is 11.0 Å². The predicted molar refractivity (Wildman–Crippen MR) is 67.2 cm³/mol. The molecule has 0 saturated heterocycles. The summed E-state index contributed by atoms with van der Waals surface area (Å²) in [6.45, 7) is 7.61. The van der Waals surface area contributed by atoms with E-state index in [0.29, 0.717) is 5.70 Å². The van der Waals surface area contributed by atoms with E-state index in [9.17, 15) is 4.21 Å². The molecule has 0 aliphatic carbocycles. The highest BCUT2D eigenvalue weighted by Crippen LogP contribution is 2.10. The van der Waals surface area contributed by atoms with Crippen molar-refractivity contribution in [3.63, 3.8) is 0 Å². The van der Waals surface area contributed by atoms with Crippen molar-refractivity contribution in [2.24, 2.45) is 10.7 Å². The lowest BCUT2D eigenvalue weighted by Crippen LogP contribution is -2.40. The molecule has 2 atom stereocenters. The largest absolute Gasteiger partial charge is 0.401 e. The molecule has 0 aromatic heterocycles. The Kier molecular flexibility index (Phi) is 5.75. The number of nitrogens with two attached hydrogens (primary N) is 1. The molecule has 5 heteroatoms. The summed E-state index contributed by atoms with van der Waals surface area (Å²) in [5, 5.41) is 0. The molecule has 0 aromatic carbocycles. The van der Waals surface area contributed by atoms with Crippen LogP contribution in [-0.4, -0.2) is 28.3 Å². The molecule has 15 heavy (non-hydrogen) atoms. The highest BCUT2D eigenvalue weighted by atomic mass is 32.2. The van der Waals surface area contributed by atoms with Crippen molar-refractivity contribution >= 4 is 17.2 Å². The normalized spacial score (nSPS) is 18.1. The first-order valence-electron chi connectivity index (χ1n) is 4.85. The Morgan fingerprint density at radius 1 is 1.53 bits per heavy atom. The van der Waals surface area contributed by atoms with Crippen LogP contribution < -0.4 is 10.5 Å². The zero-order valence-electron chi connectivity index (χ0n) is 10.1. The van der Waals surface area contributed by atoms with Gasteiger partial charge in [-0.15, -0.1) is 0 Å². The number of rotatable bonds is 4. The summed E-state index contributed by atoms with van der Waals surface area (Å²) >= 11 is 0. The van der Waals surface area contributed by atoms with Crippen molar-refractivity contribution in [1.82, 2.24) is 4.72 Å². The van der Waals surface area contributed by atoms with Crippen molar-refractivity contribution in [2.75, 3.05) is 7.05 Å². The van der Waals surface area contributed by atoms with Gasteiger partial charge >= 0.3 is 0 Å². The average molecular weight is 231 g/mol. The van der Waals surface area contributed by atoms with Gasteiger partial charge in [0, 0.05) is 19.0 Å². The second-order valence-electron chi connectivity index (χ2n) is 4.29. The zero-order chi connectivity index (χ0) is 12.1. The number of nitrogens with zero attached hydrogens (tertiary/aromatic N) is 1. The number of allylic oxidation sites excluding steroid dienone is 1. The third-order valence-corrected chi connectivity index (χ3v) is 3.44. The second-order valence-corrected chi connectivity index (χ2v) is 6.29. The summed E-state index contributed by atoms with van der Waals surface area (Å²) in [5.74, 6) is 0. The van der Waals surface area contributed by atoms with Gasteiger partial charge in [0.1, 0.15) is 0 Å². The van der Waals surface area contributed by atoms with Gasteiger partial charge in [-0.2, -0.15) is 0 Å². The molecule has 0 aliphatic heterocycles. The van der Waals surface area contributed by atoms with Crippen LogP contribution in [0.5, 0.6) is 0 Å². The Balaban J connectivity index is 4.38. The summed E-state index contributed by atoms with van der Waals surface area (Å²) < 4.78 is 14.4. The first-order valence-corrected chi connectivity index (χ1v) is 6.00. The van der Waals surface area contributed by atoms with E-state index in [4.69, 9.17) is 5.73 Å². The van der Waals surface area contributed by atoms with E-state index in [-0.39, 0.29) is 10.8 Å². The van der Waals surface area contributed by atoms with Crippen LogP contribution in [0.2, 0.25) is 0 Å². The van der Waals surface area contributed by atoms with Gasteiger partial charge in [-0.1, -0.05) is 0 Å². The molecule has 4 nitrogen and oxygen atoms in total. The zero-order valence-corrected chi connectivity index (χ0v) is 10.9. The van der Waals surface area contributed by atoms with E-state index < -0.39 is 11.0 Å². The first kappa shape index (κ1) is 14.3. The number of nitrogens with one attached hydrogen (secondary N) is 1. The van der Waals surface area contributed by atoms with Gasteiger partial charge < -0.3 is 5.73 Å². The second kappa shape index (κ2) is 6.02. The molecule has 0 aliphatic rings. The number of hydrogen-bond acceptors (Lipinski definition) is 3. The van der Waals surface area contributed by atoms with Gasteiger partial charge in [-0.05, 0) is 33.8 Å². The van der Waals surface area contributed by atoms with E-state index >= 15 is 0 Å². The Bertz CT molecular complexity index is 279. The third kappa shape index (κ3) is 5.69. The molecule has 0 rings (SSSR count). The summed E-state index contributed by atoms with van der Waals surface area (Å²) in [6.07, 6.45) is 3.32. The van der Waals surface area contributed by atoms with Crippen LogP contribution in [0.1, 0.15) is 27.7 Å². The van der Waals surface area contributed by atoms with Crippen molar-refractivity contribution in [2.45, 2.75) is 38.5 Å². The first-order chi connectivity index (χ1) is 6.79. The monoisotopic (exact) mass is 231 g/mol. The predicted octanol–water partition coefficient (Wildman–Crippen LogP) is 0.970. The van der Waals surface area contributed by atoms with Gasteiger partial charge in [-0.3, -0.25) is 4.99 Å². The third-order valence-electron chi connectivity index (χ3n) is 1.76. The number of hydrogen-bond donors (Lipinski definition) is 2. The fraction of sp³-hybridized carbons (Fsp3) is 0.700. The van der Waals surface area contributed by atoms with Crippen molar-refractivity contribution in [3.8, 4) is 0 Å². The van der Waals surface area contributed by atoms with Crippen LogP contribution in [0.4, 0.5) is 0 Å². The smallest absolute Gasteiger partial charge is 0.0976 e. The minimum absolute atomic E-state index is 0.122. The summed E-state index contributed by atoms with van der Waals surface area (Å²) in [5.41, 5.74) is 6.39. The summed E-state index contributed by atoms with van der Waals surface area (Å²) in [6, 6.07) is -0.122. The Morgan fingerprint density at radius 3 is 2.47 bits per heavy atom. The molecular formula is C10H21N3OS. The molecule has 0 spiro atoms. The van der Waals surface area contributed by atoms with E-state index in [1.807, 2.05) is 27.7 Å². The van der Waals surface area contributed by atoms with Crippen molar-refractivity contribution < 1.29 is 4.21 Å². The minimum atomic E-state index is -1.11. The summed E-state index contributed by atoms with van der Waals surface area (Å²) in [4.78, 5) is 3.80. The molecular weight excluding hydrogens is 210 g/mol. The standard InChI is InChI=1S/C10H21N3OS/c1-8(9(11)6-7-12-5)13-15(14)10(2,3)4/h6-8,13H,11H2,1-5H3/t8-,15-/m1/s1. The Hall–Kier alpha value is -0.680. The number of aliphatic imine (C=N–C) groups is 1. The Morgan fingerprint density at radius 2 is 2.07 bits per heavy atom. The molecule has 0 unspecified atom stereocenters.